The Bertz CT molecular complexity index is 1040. The average Bonchev–Trinajstić information content (AvgIpc) is 3.35. The zero-order valence-electron chi connectivity index (χ0n) is 16.5. The summed E-state index contributed by atoms with van der Waals surface area (Å²) in [6.45, 7) is 1.95. The van der Waals surface area contributed by atoms with E-state index in [4.69, 9.17) is 14.2 Å². The van der Waals surface area contributed by atoms with Crippen molar-refractivity contribution in [2.24, 2.45) is 0 Å². The maximum atomic E-state index is 12.9. The number of ether oxygens (including phenoxy) is 3. The van der Waals surface area contributed by atoms with Crippen molar-refractivity contribution in [3.8, 4) is 11.5 Å². The van der Waals surface area contributed by atoms with Crippen molar-refractivity contribution in [3.63, 3.8) is 0 Å². The summed E-state index contributed by atoms with van der Waals surface area (Å²) >= 11 is 1.53. The van der Waals surface area contributed by atoms with E-state index in [0.717, 1.165) is 35.5 Å². The van der Waals surface area contributed by atoms with Crippen LogP contribution in [0.1, 0.15) is 34.5 Å². The first-order chi connectivity index (χ1) is 14.1. The Hall–Kier alpha value is -2.58. The summed E-state index contributed by atoms with van der Waals surface area (Å²) in [5.41, 5.74) is 2.53. The molecule has 2 aromatic heterocycles. The molecule has 0 atom stereocenters. The molecule has 4 heterocycles. The lowest BCUT2D eigenvalue weighted by atomic mass is 9.79. The number of piperidine rings is 1. The van der Waals surface area contributed by atoms with Gasteiger partial charge in [0, 0.05) is 30.9 Å². The summed E-state index contributed by atoms with van der Waals surface area (Å²) in [7, 11) is 3.31. The molecule has 3 aromatic rings. The van der Waals surface area contributed by atoms with E-state index in [-0.39, 0.29) is 11.5 Å². The van der Waals surface area contributed by atoms with Gasteiger partial charge in [0.15, 0.2) is 16.5 Å². The van der Waals surface area contributed by atoms with Crippen LogP contribution in [0.2, 0.25) is 0 Å². The van der Waals surface area contributed by atoms with Crippen LogP contribution in [0.3, 0.4) is 0 Å². The van der Waals surface area contributed by atoms with Gasteiger partial charge in [-0.25, -0.2) is 4.98 Å². The Morgan fingerprint density at radius 1 is 1.21 bits per heavy atom. The fraction of sp³-hybridized carbons (Fsp3) is 0.429. The first kappa shape index (κ1) is 18.4. The van der Waals surface area contributed by atoms with E-state index in [1.54, 1.807) is 14.2 Å². The zero-order valence-corrected chi connectivity index (χ0v) is 17.3. The smallest absolute Gasteiger partial charge is 0.274 e. The van der Waals surface area contributed by atoms with Gasteiger partial charge >= 0.3 is 0 Å². The highest BCUT2D eigenvalue weighted by Crippen LogP contribution is 2.45. The summed E-state index contributed by atoms with van der Waals surface area (Å²) in [5.74, 6) is 1.45. The van der Waals surface area contributed by atoms with Crippen LogP contribution >= 0.6 is 11.3 Å². The molecule has 29 heavy (non-hydrogen) atoms. The molecule has 1 fully saturated rings. The molecule has 1 aromatic carbocycles. The first-order valence-electron chi connectivity index (χ1n) is 9.74. The van der Waals surface area contributed by atoms with Gasteiger partial charge in [-0.2, -0.15) is 0 Å². The second kappa shape index (κ2) is 7.03. The Morgan fingerprint density at radius 2 is 1.97 bits per heavy atom. The number of thiazole rings is 1. The number of fused-ring (bicyclic) bond motifs is 3. The molecule has 8 heteroatoms. The molecule has 5 rings (SSSR count). The molecule has 152 valence electrons. The Kier molecular flexibility index (Phi) is 4.48. The van der Waals surface area contributed by atoms with Gasteiger partial charge in [-0.3, -0.25) is 9.20 Å². The molecule has 2 aliphatic heterocycles. The number of carbonyl (C=O) groups is 1. The van der Waals surface area contributed by atoms with E-state index in [1.165, 1.54) is 16.9 Å². The number of benzene rings is 1. The van der Waals surface area contributed by atoms with Crippen LogP contribution < -0.4 is 9.47 Å². The van der Waals surface area contributed by atoms with E-state index in [9.17, 15) is 4.79 Å². The highest BCUT2D eigenvalue weighted by molar-refractivity contribution is 7.15. The molecule has 0 unspecified atom stereocenters. The standard InChI is InChI=1S/C21H23N3O4S/c1-26-17-11-14-3-9-28-21(15(14)12-18(17)27-2)4-6-23(7-5-21)19(25)16-13-24-8-10-29-20(24)22-16/h8,10-13H,3-7,9H2,1-2H3. The third-order valence-corrected chi connectivity index (χ3v) is 6.79. The van der Waals surface area contributed by atoms with Crippen LogP contribution in [-0.4, -0.2) is 54.1 Å². The first-order valence-corrected chi connectivity index (χ1v) is 10.6. The maximum Gasteiger partial charge on any atom is 0.274 e. The Labute approximate surface area is 172 Å². The predicted molar refractivity (Wildman–Crippen MR) is 109 cm³/mol. The second-order valence-corrected chi connectivity index (χ2v) is 8.34. The van der Waals surface area contributed by atoms with Gasteiger partial charge in [0.1, 0.15) is 5.69 Å². The van der Waals surface area contributed by atoms with Crippen molar-refractivity contribution < 1.29 is 19.0 Å². The number of likely N-dealkylation sites (tertiary alicyclic amines) is 1. The third-order valence-electron chi connectivity index (χ3n) is 6.02. The van der Waals surface area contributed by atoms with Crippen LogP contribution in [0.15, 0.2) is 29.9 Å². The molecule has 0 bridgehead atoms. The van der Waals surface area contributed by atoms with E-state index in [0.29, 0.717) is 31.1 Å². The summed E-state index contributed by atoms with van der Waals surface area (Å²) in [4.78, 5) is 20.1. The maximum absolute atomic E-state index is 12.9. The van der Waals surface area contributed by atoms with E-state index in [2.05, 4.69) is 11.1 Å². The van der Waals surface area contributed by atoms with Crippen molar-refractivity contribution in [2.45, 2.75) is 24.9 Å². The molecule has 0 radical (unpaired) electrons. The predicted octanol–water partition coefficient (Wildman–Crippen LogP) is 3.12. The van der Waals surface area contributed by atoms with E-state index < -0.39 is 0 Å². The number of imidazole rings is 1. The van der Waals surface area contributed by atoms with Gasteiger partial charge in [0.05, 0.1) is 26.4 Å². The average molecular weight is 413 g/mol. The molecule has 2 aliphatic rings. The van der Waals surface area contributed by atoms with Gasteiger partial charge in [-0.15, -0.1) is 11.3 Å². The lowest BCUT2D eigenvalue weighted by molar-refractivity contribution is -0.0936. The monoisotopic (exact) mass is 413 g/mol. The van der Waals surface area contributed by atoms with Gasteiger partial charge in [-0.05, 0) is 42.5 Å². The number of hydrogen-bond acceptors (Lipinski definition) is 6. The van der Waals surface area contributed by atoms with Gasteiger partial charge in [0.2, 0.25) is 0 Å². The number of rotatable bonds is 3. The van der Waals surface area contributed by atoms with Crippen molar-refractivity contribution in [2.75, 3.05) is 33.9 Å². The van der Waals surface area contributed by atoms with Gasteiger partial charge in [-0.1, -0.05) is 0 Å². The zero-order chi connectivity index (χ0) is 20.0. The molecular formula is C21H23N3O4S. The Morgan fingerprint density at radius 3 is 2.69 bits per heavy atom. The minimum absolute atomic E-state index is 0.0147. The summed E-state index contributed by atoms with van der Waals surface area (Å²) < 4.78 is 19.2. The SMILES string of the molecule is COc1cc2c(cc1OC)C1(CCN(C(=O)c3cn4ccsc4n3)CC1)OCC2. The molecule has 0 aliphatic carbocycles. The van der Waals surface area contributed by atoms with E-state index in [1.807, 2.05) is 33.1 Å². The molecular weight excluding hydrogens is 390 g/mol. The fourth-order valence-corrected chi connectivity index (χ4v) is 5.16. The number of methoxy groups -OCH3 is 2. The third kappa shape index (κ3) is 2.98. The number of aromatic nitrogens is 2. The van der Waals surface area contributed by atoms with Crippen molar-refractivity contribution in [1.82, 2.24) is 14.3 Å². The molecule has 1 saturated heterocycles. The number of nitrogens with zero attached hydrogens (tertiary/aromatic N) is 3. The topological polar surface area (TPSA) is 65.3 Å². The van der Waals surface area contributed by atoms with Crippen LogP contribution in [0, 0.1) is 0 Å². The second-order valence-electron chi connectivity index (χ2n) is 7.47. The lowest BCUT2D eigenvalue weighted by Gasteiger charge is -2.45. The Balaban J connectivity index is 1.38. The van der Waals surface area contributed by atoms with Gasteiger partial charge < -0.3 is 19.1 Å². The quantitative estimate of drug-likeness (QED) is 0.660. The number of carbonyl (C=O) groups excluding carboxylic acids is 1. The summed E-state index contributed by atoms with van der Waals surface area (Å²) in [5, 5.41) is 1.96. The molecule has 7 nitrogen and oxygen atoms in total. The van der Waals surface area contributed by atoms with Crippen LogP contribution in [0.25, 0.3) is 4.96 Å². The minimum atomic E-state index is -0.377. The highest BCUT2D eigenvalue weighted by atomic mass is 32.1. The molecule has 1 amide bonds. The van der Waals surface area contributed by atoms with Gasteiger partial charge in [0.25, 0.3) is 5.91 Å². The van der Waals surface area contributed by atoms with Crippen molar-refractivity contribution >= 4 is 22.2 Å². The number of hydrogen-bond donors (Lipinski definition) is 0. The normalized spacial score (nSPS) is 18.1. The van der Waals surface area contributed by atoms with Crippen LogP contribution in [0.5, 0.6) is 11.5 Å². The number of amides is 1. The molecule has 1 spiro atoms. The van der Waals surface area contributed by atoms with E-state index >= 15 is 0 Å². The van der Waals surface area contributed by atoms with Crippen LogP contribution in [-0.2, 0) is 16.8 Å². The molecule has 0 saturated carbocycles. The fourth-order valence-electron chi connectivity index (χ4n) is 4.46. The van der Waals surface area contributed by atoms with Crippen LogP contribution in [0.4, 0.5) is 0 Å². The van der Waals surface area contributed by atoms with Crippen molar-refractivity contribution in [1.29, 1.82) is 0 Å². The summed E-state index contributed by atoms with van der Waals surface area (Å²) in [6.07, 6.45) is 6.09. The summed E-state index contributed by atoms with van der Waals surface area (Å²) in [6, 6.07) is 4.11. The lowest BCUT2D eigenvalue weighted by Crippen LogP contribution is -2.48. The largest absolute Gasteiger partial charge is 0.493 e. The van der Waals surface area contributed by atoms with Crippen molar-refractivity contribution in [3.05, 3.63) is 46.7 Å². The highest BCUT2D eigenvalue weighted by Gasteiger charge is 2.42. The molecule has 0 N–H and O–H groups in total. The minimum Gasteiger partial charge on any atom is -0.493 e.